The van der Waals surface area contributed by atoms with Crippen LogP contribution in [0.15, 0.2) is 237 Å². The smallest absolute Gasteiger partial charge is 0.0540 e. The van der Waals surface area contributed by atoms with E-state index in [1.54, 1.807) is 0 Å². The third-order valence-corrected chi connectivity index (χ3v) is 11.1. The average Bonchev–Trinajstić information content (AvgIpc) is 3.30. The molecule has 0 unspecified atom stereocenters. The Balaban J connectivity index is 1.27. The van der Waals surface area contributed by atoms with Gasteiger partial charge in [0, 0.05) is 16.9 Å². The zero-order chi connectivity index (χ0) is 38.0. The lowest BCUT2D eigenvalue weighted by Crippen LogP contribution is -2.11. The number of anilines is 3. The highest BCUT2D eigenvalue weighted by atomic mass is 15.1. The van der Waals surface area contributed by atoms with E-state index in [-0.39, 0.29) is 0 Å². The van der Waals surface area contributed by atoms with Crippen LogP contribution in [0.5, 0.6) is 0 Å². The molecule has 57 heavy (non-hydrogen) atoms. The molecule has 0 heterocycles. The Morgan fingerprint density at radius 2 is 0.632 bits per heavy atom. The Hall–Kier alpha value is -7.48. The average molecular weight is 726 g/mol. The molecule has 10 aromatic rings. The predicted molar refractivity (Wildman–Crippen MR) is 243 cm³/mol. The second-order valence-electron chi connectivity index (χ2n) is 14.5. The lowest BCUT2D eigenvalue weighted by Gasteiger charge is -2.29. The first-order valence-electron chi connectivity index (χ1n) is 19.6. The van der Waals surface area contributed by atoms with Crippen molar-refractivity contribution in [1.29, 1.82) is 0 Å². The number of nitrogens with zero attached hydrogens (tertiary/aromatic N) is 1. The third kappa shape index (κ3) is 6.46. The van der Waals surface area contributed by atoms with Crippen molar-refractivity contribution in [3.63, 3.8) is 0 Å². The summed E-state index contributed by atoms with van der Waals surface area (Å²) in [4.78, 5) is 2.44. The highest BCUT2D eigenvalue weighted by Crippen LogP contribution is 2.48. The topological polar surface area (TPSA) is 3.24 Å². The minimum atomic E-state index is 1.09. The van der Waals surface area contributed by atoms with Gasteiger partial charge in [-0.1, -0.05) is 200 Å². The molecule has 0 radical (unpaired) electrons. The van der Waals surface area contributed by atoms with Crippen LogP contribution in [0.1, 0.15) is 0 Å². The summed E-state index contributed by atoms with van der Waals surface area (Å²) in [6, 6.07) is 85.7. The molecule has 10 aromatic carbocycles. The van der Waals surface area contributed by atoms with E-state index in [2.05, 4.69) is 241 Å². The molecule has 0 saturated carbocycles. The number of benzene rings is 10. The van der Waals surface area contributed by atoms with Gasteiger partial charge in [-0.3, -0.25) is 0 Å². The molecule has 0 aliphatic rings. The third-order valence-electron chi connectivity index (χ3n) is 11.1. The van der Waals surface area contributed by atoms with Crippen molar-refractivity contribution in [2.24, 2.45) is 0 Å². The summed E-state index contributed by atoms with van der Waals surface area (Å²) < 4.78 is 0. The molecule has 268 valence electrons. The number of hydrogen-bond acceptors (Lipinski definition) is 1. The Morgan fingerprint density at radius 1 is 0.228 bits per heavy atom. The summed E-state index contributed by atoms with van der Waals surface area (Å²) in [5, 5.41) is 4.94. The Kier molecular flexibility index (Phi) is 8.95. The van der Waals surface area contributed by atoms with Gasteiger partial charge in [0.25, 0.3) is 0 Å². The van der Waals surface area contributed by atoms with Gasteiger partial charge in [0.1, 0.15) is 0 Å². The first-order valence-corrected chi connectivity index (χ1v) is 19.6. The first-order chi connectivity index (χ1) is 28.3. The van der Waals surface area contributed by atoms with Crippen molar-refractivity contribution in [2.45, 2.75) is 0 Å². The van der Waals surface area contributed by atoms with Gasteiger partial charge in [-0.05, 0) is 108 Å². The van der Waals surface area contributed by atoms with E-state index < -0.39 is 0 Å². The Labute approximate surface area is 334 Å². The Morgan fingerprint density at radius 3 is 1.21 bits per heavy atom. The van der Waals surface area contributed by atoms with E-state index >= 15 is 0 Å². The molecule has 0 aliphatic carbocycles. The molecule has 1 heteroatoms. The van der Waals surface area contributed by atoms with Crippen molar-refractivity contribution in [3.8, 4) is 55.6 Å². The molecular weight excluding hydrogens is 687 g/mol. The van der Waals surface area contributed by atoms with E-state index in [0.29, 0.717) is 0 Å². The summed E-state index contributed by atoms with van der Waals surface area (Å²) in [6.45, 7) is 0. The van der Waals surface area contributed by atoms with Crippen molar-refractivity contribution in [1.82, 2.24) is 0 Å². The van der Waals surface area contributed by atoms with E-state index in [1.807, 2.05) is 0 Å². The van der Waals surface area contributed by atoms with Crippen LogP contribution >= 0.6 is 0 Å². The van der Waals surface area contributed by atoms with Crippen molar-refractivity contribution in [2.75, 3.05) is 4.90 Å². The van der Waals surface area contributed by atoms with E-state index in [1.165, 1.54) is 71.6 Å². The van der Waals surface area contributed by atoms with Gasteiger partial charge < -0.3 is 4.90 Å². The maximum Gasteiger partial charge on any atom is 0.0540 e. The van der Waals surface area contributed by atoms with Gasteiger partial charge in [0.15, 0.2) is 0 Å². The summed E-state index contributed by atoms with van der Waals surface area (Å²) in [5.41, 5.74) is 15.3. The SMILES string of the molecule is c1ccc(-c2ccc(N(c3ccc4c(c3)c(-c3ccccc3)c(-c3ccccc3)c3ccccc34)c3ccc(-c4ccccc4)cc3-c3ccccc3)cc2)cc1. The largest absolute Gasteiger partial charge is 0.310 e. The molecule has 0 fully saturated rings. The van der Waals surface area contributed by atoms with Crippen LogP contribution < -0.4 is 4.90 Å². The highest BCUT2D eigenvalue weighted by molar-refractivity contribution is 6.22. The molecule has 0 amide bonds. The van der Waals surface area contributed by atoms with Gasteiger partial charge in [-0.15, -0.1) is 0 Å². The fourth-order valence-electron chi connectivity index (χ4n) is 8.38. The molecule has 0 bridgehead atoms. The second-order valence-corrected chi connectivity index (χ2v) is 14.5. The quantitative estimate of drug-likeness (QED) is 0.141. The summed E-state index contributed by atoms with van der Waals surface area (Å²) >= 11 is 0. The summed E-state index contributed by atoms with van der Waals surface area (Å²) in [5.74, 6) is 0. The van der Waals surface area contributed by atoms with Gasteiger partial charge in [-0.2, -0.15) is 0 Å². The lowest BCUT2D eigenvalue weighted by atomic mass is 9.85. The van der Waals surface area contributed by atoms with Crippen LogP contribution in [0.25, 0.3) is 77.2 Å². The molecule has 1 nitrogen and oxygen atoms in total. The fourth-order valence-corrected chi connectivity index (χ4v) is 8.38. The van der Waals surface area contributed by atoms with Crippen molar-refractivity contribution < 1.29 is 0 Å². The molecule has 0 spiro atoms. The first kappa shape index (κ1) is 34.0. The molecule has 0 aliphatic heterocycles. The van der Waals surface area contributed by atoms with Crippen LogP contribution in [0.2, 0.25) is 0 Å². The van der Waals surface area contributed by atoms with Crippen molar-refractivity contribution in [3.05, 3.63) is 237 Å². The van der Waals surface area contributed by atoms with Crippen LogP contribution in [0.3, 0.4) is 0 Å². The fraction of sp³-hybridized carbons (Fsp3) is 0. The summed E-state index contributed by atoms with van der Waals surface area (Å²) in [7, 11) is 0. The number of rotatable bonds is 8. The molecular formula is C56H39N. The zero-order valence-corrected chi connectivity index (χ0v) is 31.5. The predicted octanol–water partition coefficient (Wildman–Crippen LogP) is 15.8. The molecule has 10 rings (SSSR count). The molecule has 0 saturated heterocycles. The Bertz CT molecular complexity index is 2960. The van der Waals surface area contributed by atoms with E-state index in [9.17, 15) is 0 Å². The van der Waals surface area contributed by atoms with Crippen LogP contribution in [-0.2, 0) is 0 Å². The van der Waals surface area contributed by atoms with Crippen LogP contribution in [0, 0.1) is 0 Å². The van der Waals surface area contributed by atoms with Gasteiger partial charge in [0.2, 0.25) is 0 Å². The highest BCUT2D eigenvalue weighted by Gasteiger charge is 2.22. The maximum absolute atomic E-state index is 2.44. The second kappa shape index (κ2) is 15.0. The maximum atomic E-state index is 2.44. The van der Waals surface area contributed by atoms with Crippen molar-refractivity contribution >= 4 is 38.6 Å². The van der Waals surface area contributed by atoms with Crippen LogP contribution in [-0.4, -0.2) is 0 Å². The molecule has 0 atom stereocenters. The minimum Gasteiger partial charge on any atom is -0.310 e. The van der Waals surface area contributed by atoms with Gasteiger partial charge in [0.05, 0.1) is 5.69 Å². The van der Waals surface area contributed by atoms with Crippen LogP contribution in [0.4, 0.5) is 17.1 Å². The standard InChI is InChI=1S/C56H39N/c1-6-18-40(19-7-1)42-30-33-47(34-31-42)57(54-37-32-46(41-20-8-2-9-21-41)38-52(54)43-22-10-3-11-23-43)48-35-36-50-49-28-16-17-29-51(49)55(44-24-12-4-13-25-44)56(53(50)39-48)45-26-14-5-15-27-45/h1-39H. The number of fused-ring (bicyclic) bond motifs is 3. The normalized spacial score (nSPS) is 11.2. The zero-order valence-electron chi connectivity index (χ0n) is 31.5. The lowest BCUT2D eigenvalue weighted by molar-refractivity contribution is 1.29. The minimum absolute atomic E-state index is 1.09. The molecule has 0 N–H and O–H groups in total. The summed E-state index contributed by atoms with van der Waals surface area (Å²) in [6.07, 6.45) is 0. The van der Waals surface area contributed by atoms with Gasteiger partial charge in [-0.25, -0.2) is 0 Å². The van der Waals surface area contributed by atoms with E-state index in [4.69, 9.17) is 0 Å². The van der Waals surface area contributed by atoms with E-state index in [0.717, 1.165) is 22.6 Å². The van der Waals surface area contributed by atoms with Gasteiger partial charge >= 0.3 is 0 Å². The number of hydrogen-bond donors (Lipinski definition) is 0. The molecule has 0 aromatic heterocycles. The monoisotopic (exact) mass is 725 g/mol.